The van der Waals surface area contributed by atoms with E-state index in [1.165, 1.54) is 4.90 Å². The minimum atomic E-state index is -0.218. The molecule has 0 saturated carbocycles. The molecule has 1 aromatic heterocycles. The van der Waals surface area contributed by atoms with Crippen LogP contribution in [-0.4, -0.2) is 23.3 Å². The number of carbonyl (C=O) groups is 2. The van der Waals surface area contributed by atoms with Crippen molar-refractivity contribution in [1.29, 1.82) is 0 Å². The fraction of sp³-hybridized carbons (Fsp3) is 0.0800. The van der Waals surface area contributed by atoms with Gasteiger partial charge in [0.25, 0.3) is 5.91 Å². The molecule has 5 nitrogen and oxygen atoms in total. The van der Waals surface area contributed by atoms with E-state index in [2.05, 4.69) is 5.32 Å². The number of rotatable bonds is 2. The van der Waals surface area contributed by atoms with Crippen LogP contribution < -0.4 is 10.2 Å². The second-order valence-corrected chi connectivity index (χ2v) is 7.39. The van der Waals surface area contributed by atoms with Gasteiger partial charge in [0.15, 0.2) is 0 Å². The molecule has 0 aliphatic carbocycles. The summed E-state index contributed by atoms with van der Waals surface area (Å²) in [5.74, 6) is -0.427. The summed E-state index contributed by atoms with van der Waals surface area (Å²) in [5.41, 5.74) is 5.43. The van der Waals surface area contributed by atoms with E-state index < -0.39 is 0 Å². The quantitative estimate of drug-likeness (QED) is 0.532. The fourth-order valence-electron chi connectivity index (χ4n) is 3.78. The molecule has 5 heteroatoms. The lowest BCUT2D eigenvalue weighted by molar-refractivity contribution is -0.115. The maximum Gasteiger partial charge on any atom is 0.259 e. The van der Waals surface area contributed by atoms with Gasteiger partial charge in [-0.05, 0) is 31.2 Å². The molecule has 30 heavy (non-hydrogen) atoms. The Bertz CT molecular complexity index is 1300. The molecule has 0 bridgehead atoms. The summed E-state index contributed by atoms with van der Waals surface area (Å²) >= 11 is 0. The van der Waals surface area contributed by atoms with E-state index in [9.17, 15) is 9.59 Å². The molecular weight excluding hydrogens is 374 g/mol. The van der Waals surface area contributed by atoms with Crippen LogP contribution in [-0.2, 0) is 4.79 Å². The number of aromatic nitrogens is 1. The van der Waals surface area contributed by atoms with E-state index in [-0.39, 0.29) is 18.4 Å². The van der Waals surface area contributed by atoms with Gasteiger partial charge in [-0.2, -0.15) is 0 Å². The van der Waals surface area contributed by atoms with Gasteiger partial charge in [0.2, 0.25) is 5.91 Å². The molecule has 0 spiro atoms. The van der Waals surface area contributed by atoms with Crippen LogP contribution >= 0.6 is 0 Å². The predicted molar refractivity (Wildman–Crippen MR) is 119 cm³/mol. The summed E-state index contributed by atoms with van der Waals surface area (Å²) in [6, 6.07) is 24.8. The summed E-state index contributed by atoms with van der Waals surface area (Å²) in [6.07, 6.45) is 0. The molecule has 1 N–H and O–H groups in total. The first-order chi connectivity index (χ1) is 14.6. The van der Waals surface area contributed by atoms with E-state index in [1.807, 2.05) is 79.7 Å². The average Bonchev–Trinajstić information content (AvgIpc) is 2.77. The van der Waals surface area contributed by atoms with Crippen molar-refractivity contribution in [2.75, 3.05) is 16.8 Å². The van der Waals surface area contributed by atoms with E-state index >= 15 is 0 Å². The lowest BCUT2D eigenvalue weighted by Gasteiger charge is -2.29. The molecule has 5 rings (SSSR count). The molecular formula is C25H19N3O2. The Labute approximate surface area is 174 Å². The number of carbonyl (C=O) groups excluding carboxylic acids is 2. The van der Waals surface area contributed by atoms with Crippen molar-refractivity contribution in [2.24, 2.45) is 0 Å². The molecule has 2 amide bonds. The molecule has 0 unspecified atom stereocenters. The highest BCUT2D eigenvalue weighted by Gasteiger charge is 2.28. The van der Waals surface area contributed by atoms with Gasteiger partial charge in [-0.15, -0.1) is 0 Å². The van der Waals surface area contributed by atoms with E-state index in [0.717, 1.165) is 27.7 Å². The Kier molecular flexibility index (Phi) is 4.29. The van der Waals surface area contributed by atoms with Crippen LogP contribution in [0.5, 0.6) is 0 Å². The highest BCUT2D eigenvalue weighted by atomic mass is 16.2. The molecule has 3 aromatic carbocycles. The van der Waals surface area contributed by atoms with Crippen LogP contribution in [0.25, 0.3) is 22.2 Å². The van der Waals surface area contributed by atoms with Gasteiger partial charge in [-0.1, -0.05) is 60.2 Å². The number of fused-ring (bicyclic) bond motifs is 2. The first-order valence-corrected chi connectivity index (χ1v) is 9.78. The average molecular weight is 393 g/mol. The molecule has 2 heterocycles. The van der Waals surface area contributed by atoms with Crippen LogP contribution in [0, 0.1) is 6.92 Å². The number of pyridine rings is 1. The Hall–Kier alpha value is -3.99. The maximum absolute atomic E-state index is 13.7. The van der Waals surface area contributed by atoms with Gasteiger partial charge in [0.05, 0.1) is 28.1 Å². The van der Waals surface area contributed by atoms with Gasteiger partial charge >= 0.3 is 0 Å². The number of amides is 2. The van der Waals surface area contributed by atoms with Crippen molar-refractivity contribution in [3.8, 4) is 11.3 Å². The number of hydrogen-bond acceptors (Lipinski definition) is 3. The van der Waals surface area contributed by atoms with Gasteiger partial charge in [-0.25, -0.2) is 4.98 Å². The molecule has 0 radical (unpaired) electrons. The van der Waals surface area contributed by atoms with Crippen molar-refractivity contribution < 1.29 is 9.59 Å². The third-order valence-electron chi connectivity index (χ3n) is 5.31. The van der Waals surface area contributed by atoms with Crippen LogP contribution in [0.1, 0.15) is 15.9 Å². The maximum atomic E-state index is 13.7. The molecule has 1 aliphatic heterocycles. The SMILES string of the molecule is Cc1ccc(-c2cc(C(=O)N3CC(=O)Nc4ccccc43)c3ccccc3n2)cc1. The highest BCUT2D eigenvalue weighted by molar-refractivity contribution is 6.19. The molecule has 0 fully saturated rings. The fourth-order valence-corrected chi connectivity index (χ4v) is 3.78. The number of nitrogens with zero attached hydrogens (tertiary/aromatic N) is 2. The number of anilines is 2. The summed E-state index contributed by atoms with van der Waals surface area (Å²) in [7, 11) is 0. The third-order valence-corrected chi connectivity index (χ3v) is 5.31. The summed E-state index contributed by atoms with van der Waals surface area (Å²) < 4.78 is 0. The van der Waals surface area contributed by atoms with Gasteiger partial charge in [-0.3, -0.25) is 14.5 Å². The van der Waals surface area contributed by atoms with E-state index in [0.29, 0.717) is 16.9 Å². The lowest BCUT2D eigenvalue weighted by atomic mass is 10.0. The van der Waals surface area contributed by atoms with E-state index in [1.54, 1.807) is 6.07 Å². The normalized spacial score (nSPS) is 13.1. The summed E-state index contributed by atoms with van der Waals surface area (Å²) in [4.78, 5) is 32.2. The predicted octanol–water partition coefficient (Wildman–Crippen LogP) is 4.81. The number of benzene rings is 3. The molecule has 1 aliphatic rings. The number of hydrogen-bond donors (Lipinski definition) is 1. The monoisotopic (exact) mass is 393 g/mol. The van der Waals surface area contributed by atoms with Gasteiger partial charge in [0.1, 0.15) is 6.54 Å². The lowest BCUT2D eigenvalue weighted by Crippen LogP contribution is -2.42. The second kappa shape index (κ2) is 7.12. The van der Waals surface area contributed by atoms with Crippen LogP contribution in [0.4, 0.5) is 11.4 Å². The number of aryl methyl sites for hydroxylation is 1. The molecule has 0 saturated heterocycles. The smallest absolute Gasteiger partial charge is 0.259 e. The zero-order valence-electron chi connectivity index (χ0n) is 16.4. The first-order valence-electron chi connectivity index (χ1n) is 9.78. The number of nitrogens with one attached hydrogen (secondary N) is 1. The highest BCUT2D eigenvalue weighted by Crippen LogP contribution is 2.32. The Balaban J connectivity index is 1.67. The largest absolute Gasteiger partial charge is 0.323 e. The van der Waals surface area contributed by atoms with Crippen LogP contribution in [0.15, 0.2) is 78.9 Å². The number of para-hydroxylation sites is 3. The van der Waals surface area contributed by atoms with Crippen molar-refractivity contribution >= 4 is 34.1 Å². The van der Waals surface area contributed by atoms with E-state index in [4.69, 9.17) is 4.98 Å². The van der Waals surface area contributed by atoms with Crippen LogP contribution in [0.2, 0.25) is 0 Å². The zero-order chi connectivity index (χ0) is 20.7. The molecule has 0 atom stereocenters. The van der Waals surface area contributed by atoms with Crippen LogP contribution in [0.3, 0.4) is 0 Å². The Morgan fingerprint density at radius 2 is 1.70 bits per heavy atom. The topological polar surface area (TPSA) is 62.3 Å². The molecule has 146 valence electrons. The standard InChI is InChI=1S/C25H19N3O2/c1-16-10-12-17(13-11-16)22-14-19(18-6-2-3-7-20(18)26-22)25(30)28-15-24(29)27-21-8-4-5-9-23(21)28/h2-14H,15H2,1H3,(H,27,29). The van der Waals surface area contributed by atoms with Gasteiger partial charge in [0, 0.05) is 10.9 Å². The van der Waals surface area contributed by atoms with Crippen molar-refractivity contribution in [3.63, 3.8) is 0 Å². The Morgan fingerprint density at radius 1 is 0.967 bits per heavy atom. The van der Waals surface area contributed by atoms with Crippen molar-refractivity contribution in [3.05, 3.63) is 90.0 Å². The molecule has 4 aromatic rings. The van der Waals surface area contributed by atoms with Crippen molar-refractivity contribution in [1.82, 2.24) is 4.98 Å². The zero-order valence-corrected chi connectivity index (χ0v) is 16.4. The van der Waals surface area contributed by atoms with Gasteiger partial charge < -0.3 is 5.32 Å². The minimum Gasteiger partial charge on any atom is -0.323 e. The Morgan fingerprint density at radius 3 is 2.53 bits per heavy atom. The first kappa shape index (κ1) is 18.1. The summed E-state index contributed by atoms with van der Waals surface area (Å²) in [5, 5.41) is 3.60. The van der Waals surface area contributed by atoms with Crippen molar-refractivity contribution in [2.45, 2.75) is 6.92 Å². The second-order valence-electron chi connectivity index (χ2n) is 7.39. The minimum absolute atomic E-state index is 0.0215. The third kappa shape index (κ3) is 3.10. The summed E-state index contributed by atoms with van der Waals surface area (Å²) in [6.45, 7) is 2.01.